The molecule has 0 radical (unpaired) electrons. The van der Waals surface area contributed by atoms with Crippen molar-refractivity contribution < 1.29 is 17.6 Å². The molecule has 0 atom stereocenters. The fourth-order valence-electron chi connectivity index (χ4n) is 3.37. The molecule has 0 aliphatic heterocycles. The van der Waals surface area contributed by atoms with Crippen LogP contribution in [0.15, 0.2) is 50.6 Å². The molecule has 3 aromatic rings. The van der Waals surface area contributed by atoms with Crippen molar-refractivity contribution in [1.82, 2.24) is 14.7 Å². The Bertz CT molecular complexity index is 1220. The molecule has 4 rings (SSSR count). The number of sulfonamides is 1. The lowest BCUT2D eigenvalue weighted by atomic mass is 9.94. The second-order valence-electron chi connectivity index (χ2n) is 6.88. The van der Waals surface area contributed by atoms with Crippen molar-refractivity contribution in [3.63, 3.8) is 0 Å². The first-order chi connectivity index (χ1) is 13.9. The number of pyridine rings is 1. The van der Waals surface area contributed by atoms with Crippen LogP contribution < -0.4 is 15.2 Å². The molecule has 10 heteroatoms. The summed E-state index contributed by atoms with van der Waals surface area (Å²) in [5.41, 5.74) is 1.11. The van der Waals surface area contributed by atoms with Gasteiger partial charge in [-0.2, -0.15) is 5.26 Å². The highest BCUT2D eigenvalue weighted by Gasteiger charge is 2.27. The van der Waals surface area contributed by atoms with Crippen LogP contribution >= 0.6 is 0 Å². The van der Waals surface area contributed by atoms with Crippen LogP contribution in [0.25, 0.3) is 11.1 Å². The van der Waals surface area contributed by atoms with Crippen LogP contribution in [0.3, 0.4) is 0 Å². The highest BCUT2D eigenvalue weighted by molar-refractivity contribution is 7.89. The standard InChI is InChI=1S/C19H18N4O5S/c20-10-12-1-8-18(21-11-12)27-14-4-2-13(3-5-14)23-29(25,26)15-6-7-17-16(9-15)22-19(24)28-17/h1,6-9,11,13-14,23H,2-5H2,(H,22,24). The second kappa shape index (κ2) is 7.69. The van der Waals surface area contributed by atoms with Gasteiger partial charge in [0, 0.05) is 18.3 Å². The highest BCUT2D eigenvalue weighted by atomic mass is 32.2. The summed E-state index contributed by atoms with van der Waals surface area (Å²) >= 11 is 0. The number of ether oxygens (including phenoxy) is 1. The second-order valence-corrected chi connectivity index (χ2v) is 8.60. The lowest BCUT2D eigenvalue weighted by molar-refractivity contribution is 0.138. The van der Waals surface area contributed by atoms with Crippen molar-refractivity contribution >= 4 is 21.1 Å². The SMILES string of the molecule is N#Cc1ccc(OC2CCC(NS(=O)(=O)c3ccc4oc(=O)[nH]c4c3)CC2)nc1. The fraction of sp³-hybridized carbons (Fsp3) is 0.316. The van der Waals surface area contributed by atoms with Crippen LogP contribution in [-0.2, 0) is 10.0 Å². The number of nitrogens with zero attached hydrogens (tertiary/aromatic N) is 2. The van der Waals surface area contributed by atoms with E-state index in [1.54, 1.807) is 12.1 Å². The Kier molecular flexibility index (Phi) is 5.08. The molecule has 2 N–H and O–H groups in total. The summed E-state index contributed by atoms with van der Waals surface area (Å²) in [6, 6.07) is 9.35. The number of rotatable bonds is 5. The van der Waals surface area contributed by atoms with Crippen LogP contribution in [0, 0.1) is 11.3 Å². The van der Waals surface area contributed by atoms with Crippen molar-refractivity contribution in [1.29, 1.82) is 5.26 Å². The fourth-order valence-corrected chi connectivity index (χ4v) is 4.70. The van der Waals surface area contributed by atoms with E-state index in [9.17, 15) is 13.2 Å². The van der Waals surface area contributed by atoms with Crippen molar-refractivity contribution in [3.05, 3.63) is 52.6 Å². The highest BCUT2D eigenvalue weighted by Crippen LogP contribution is 2.25. The Morgan fingerprint density at radius 1 is 1.21 bits per heavy atom. The molecule has 0 spiro atoms. The minimum Gasteiger partial charge on any atom is -0.474 e. The number of aromatic amines is 1. The average Bonchev–Trinajstić information content (AvgIpc) is 3.09. The number of aromatic nitrogens is 2. The van der Waals surface area contributed by atoms with Crippen LogP contribution in [0.2, 0.25) is 0 Å². The molecule has 0 amide bonds. The molecule has 1 saturated carbocycles. The van der Waals surface area contributed by atoms with Crippen molar-refractivity contribution in [2.45, 2.75) is 42.7 Å². The molecule has 9 nitrogen and oxygen atoms in total. The lowest BCUT2D eigenvalue weighted by Crippen LogP contribution is -2.39. The maximum atomic E-state index is 12.7. The van der Waals surface area contributed by atoms with E-state index in [2.05, 4.69) is 14.7 Å². The Balaban J connectivity index is 1.36. The van der Waals surface area contributed by atoms with E-state index in [0.29, 0.717) is 48.2 Å². The minimum absolute atomic E-state index is 0.0523. The van der Waals surface area contributed by atoms with Crippen molar-refractivity contribution in [2.24, 2.45) is 0 Å². The Labute approximate surface area is 166 Å². The topological polar surface area (TPSA) is 138 Å². The summed E-state index contributed by atoms with van der Waals surface area (Å²) in [4.78, 5) is 17.9. The van der Waals surface area contributed by atoms with Gasteiger partial charge >= 0.3 is 5.76 Å². The lowest BCUT2D eigenvalue weighted by Gasteiger charge is -2.29. The predicted octanol–water partition coefficient (Wildman–Crippen LogP) is 2.06. The number of oxazole rings is 1. The van der Waals surface area contributed by atoms with Crippen LogP contribution in [0.4, 0.5) is 0 Å². The molecule has 2 aromatic heterocycles. The monoisotopic (exact) mass is 414 g/mol. The predicted molar refractivity (Wildman–Crippen MR) is 103 cm³/mol. The van der Waals surface area contributed by atoms with E-state index in [0.717, 1.165) is 0 Å². The maximum absolute atomic E-state index is 12.7. The van der Waals surface area contributed by atoms with Gasteiger partial charge < -0.3 is 9.15 Å². The number of benzene rings is 1. The molecule has 0 bridgehead atoms. The molecule has 1 aliphatic carbocycles. The third-order valence-corrected chi connectivity index (χ3v) is 6.37. The van der Waals surface area contributed by atoms with Gasteiger partial charge in [0.25, 0.3) is 0 Å². The minimum atomic E-state index is -3.72. The summed E-state index contributed by atoms with van der Waals surface area (Å²) in [5.74, 6) is -0.173. The molecule has 1 fully saturated rings. The van der Waals surface area contributed by atoms with E-state index in [-0.39, 0.29) is 17.0 Å². The van der Waals surface area contributed by atoms with Gasteiger partial charge in [0.05, 0.1) is 16.0 Å². The van der Waals surface area contributed by atoms with Gasteiger partial charge in [-0.05, 0) is 49.9 Å². The molecule has 0 unspecified atom stereocenters. The number of hydrogen-bond acceptors (Lipinski definition) is 7. The molecule has 29 heavy (non-hydrogen) atoms. The molecule has 2 heterocycles. The zero-order valence-electron chi connectivity index (χ0n) is 15.3. The Morgan fingerprint density at radius 3 is 2.69 bits per heavy atom. The summed E-state index contributed by atoms with van der Waals surface area (Å²) in [5, 5.41) is 8.80. The number of nitrogens with one attached hydrogen (secondary N) is 2. The Morgan fingerprint density at radius 2 is 2.00 bits per heavy atom. The van der Waals surface area contributed by atoms with E-state index >= 15 is 0 Å². The summed E-state index contributed by atoms with van der Waals surface area (Å²) < 4.78 is 38.8. The van der Waals surface area contributed by atoms with E-state index in [1.165, 1.54) is 24.4 Å². The molecule has 1 aromatic carbocycles. The average molecular weight is 414 g/mol. The van der Waals surface area contributed by atoms with Gasteiger partial charge in [-0.1, -0.05) is 0 Å². The first kappa shape index (κ1) is 19.2. The van der Waals surface area contributed by atoms with Crippen molar-refractivity contribution in [3.8, 4) is 11.9 Å². The van der Waals surface area contributed by atoms with Gasteiger partial charge in [0.1, 0.15) is 12.2 Å². The van der Waals surface area contributed by atoms with E-state index < -0.39 is 15.8 Å². The third kappa shape index (κ3) is 4.31. The molecular formula is C19H18N4O5S. The molecular weight excluding hydrogens is 396 g/mol. The number of hydrogen-bond donors (Lipinski definition) is 2. The molecule has 1 aliphatic rings. The first-order valence-corrected chi connectivity index (χ1v) is 10.6. The van der Waals surface area contributed by atoms with Gasteiger partial charge in [0.15, 0.2) is 5.58 Å². The van der Waals surface area contributed by atoms with E-state index in [4.69, 9.17) is 14.4 Å². The first-order valence-electron chi connectivity index (χ1n) is 9.11. The number of H-pyrrole nitrogens is 1. The van der Waals surface area contributed by atoms with Gasteiger partial charge in [-0.15, -0.1) is 0 Å². The smallest absolute Gasteiger partial charge is 0.417 e. The number of fused-ring (bicyclic) bond motifs is 1. The Hall–Kier alpha value is -3.16. The third-order valence-electron chi connectivity index (χ3n) is 4.85. The van der Waals surface area contributed by atoms with Crippen molar-refractivity contribution in [2.75, 3.05) is 0 Å². The summed E-state index contributed by atoms with van der Waals surface area (Å²) in [7, 11) is -3.72. The largest absolute Gasteiger partial charge is 0.474 e. The normalized spacial score (nSPS) is 19.7. The zero-order valence-corrected chi connectivity index (χ0v) is 16.1. The number of nitriles is 1. The summed E-state index contributed by atoms with van der Waals surface area (Å²) in [6.45, 7) is 0. The van der Waals surface area contributed by atoms with Crippen LogP contribution in [-0.4, -0.2) is 30.5 Å². The maximum Gasteiger partial charge on any atom is 0.417 e. The molecule has 0 saturated heterocycles. The van der Waals surface area contributed by atoms with Gasteiger partial charge in [0.2, 0.25) is 15.9 Å². The zero-order chi connectivity index (χ0) is 20.4. The van der Waals surface area contributed by atoms with E-state index in [1.807, 2.05) is 6.07 Å². The van der Waals surface area contributed by atoms with Crippen LogP contribution in [0.5, 0.6) is 5.88 Å². The summed E-state index contributed by atoms with van der Waals surface area (Å²) in [6.07, 6.45) is 4.03. The quantitative estimate of drug-likeness (QED) is 0.651. The molecule has 150 valence electrons. The van der Waals surface area contributed by atoms with Gasteiger partial charge in [-0.25, -0.2) is 22.9 Å². The van der Waals surface area contributed by atoms with Gasteiger partial charge in [-0.3, -0.25) is 4.98 Å². The van der Waals surface area contributed by atoms with Crippen LogP contribution in [0.1, 0.15) is 31.2 Å².